The molecular formula is C21H19F3N2O3. The Morgan fingerprint density at radius 2 is 1.66 bits per heavy atom. The lowest BCUT2D eigenvalue weighted by Gasteiger charge is -2.28. The highest BCUT2D eigenvalue weighted by atomic mass is 19.4. The molecule has 8 heteroatoms. The minimum Gasteiger partial charge on any atom is -0.273 e. The lowest BCUT2D eigenvalue weighted by Crippen LogP contribution is -2.40. The third kappa shape index (κ3) is 3.27. The number of fused-ring (bicyclic) bond motifs is 1. The molecule has 5 nitrogen and oxygen atoms in total. The number of anilines is 2. The number of rotatable bonds is 4. The number of halogens is 3. The Balaban J connectivity index is 1.68. The summed E-state index contributed by atoms with van der Waals surface area (Å²) in [4.78, 5) is 32.8. The molecule has 0 aliphatic carbocycles. The van der Waals surface area contributed by atoms with Crippen molar-refractivity contribution in [2.24, 2.45) is 5.92 Å². The van der Waals surface area contributed by atoms with Gasteiger partial charge in [-0.15, -0.1) is 0 Å². The van der Waals surface area contributed by atoms with E-state index in [9.17, 15) is 22.8 Å². The van der Waals surface area contributed by atoms with E-state index in [-0.39, 0.29) is 11.7 Å². The summed E-state index contributed by atoms with van der Waals surface area (Å²) in [5.41, 5.74) is -0.273. The van der Waals surface area contributed by atoms with Crippen LogP contribution in [0.2, 0.25) is 0 Å². The quantitative estimate of drug-likeness (QED) is 0.718. The molecule has 2 saturated heterocycles. The molecule has 152 valence electrons. The van der Waals surface area contributed by atoms with Crippen LogP contribution in [-0.4, -0.2) is 24.0 Å². The van der Waals surface area contributed by atoms with Crippen LogP contribution in [0, 0.1) is 5.92 Å². The largest absolute Gasteiger partial charge is 0.416 e. The number of alkyl halides is 3. The van der Waals surface area contributed by atoms with E-state index in [0.717, 1.165) is 29.1 Å². The third-order valence-corrected chi connectivity index (χ3v) is 5.27. The SMILES string of the molecule is CCC[C@H]1[C@@H]2C(=O)N(c3cccc(C(F)(F)F)c3)C(=O)[C@@H]2ON1c1ccccc1. The fourth-order valence-corrected chi connectivity index (χ4v) is 3.99. The van der Waals surface area contributed by atoms with Crippen molar-refractivity contribution in [1.29, 1.82) is 0 Å². The summed E-state index contributed by atoms with van der Waals surface area (Å²) >= 11 is 0. The molecule has 2 aliphatic heterocycles. The molecule has 29 heavy (non-hydrogen) atoms. The zero-order valence-corrected chi connectivity index (χ0v) is 15.6. The first-order chi connectivity index (χ1) is 13.8. The smallest absolute Gasteiger partial charge is 0.273 e. The lowest BCUT2D eigenvalue weighted by atomic mass is 9.93. The maximum Gasteiger partial charge on any atom is 0.416 e. The van der Waals surface area contributed by atoms with Gasteiger partial charge in [0, 0.05) is 0 Å². The molecule has 0 bridgehead atoms. The van der Waals surface area contributed by atoms with Crippen molar-refractivity contribution in [2.45, 2.75) is 38.1 Å². The molecule has 0 aromatic heterocycles. The lowest BCUT2D eigenvalue weighted by molar-refractivity contribution is -0.137. The summed E-state index contributed by atoms with van der Waals surface area (Å²) in [5, 5.41) is 1.60. The number of carbonyl (C=O) groups is 2. The topological polar surface area (TPSA) is 49.9 Å². The Labute approximate surface area is 165 Å². The van der Waals surface area contributed by atoms with Crippen molar-refractivity contribution in [3.8, 4) is 0 Å². The van der Waals surface area contributed by atoms with E-state index in [1.54, 1.807) is 5.06 Å². The third-order valence-electron chi connectivity index (χ3n) is 5.27. The maximum atomic E-state index is 13.1. The molecular weight excluding hydrogens is 385 g/mol. The van der Waals surface area contributed by atoms with Gasteiger partial charge in [-0.1, -0.05) is 37.6 Å². The Bertz CT molecular complexity index is 932. The monoisotopic (exact) mass is 404 g/mol. The van der Waals surface area contributed by atoms with Crippen molar-refractivity contribution >= 4 is 23.2 Å². The van der Waals surface area contributed by atoms with Crippen LogP contribution in [0.15, 0.2) is 54.6 Å². The first-order valence-corrected chi connectivity index (χ1v) is 9.39. The van der Waals surface area contributed by atoms with Gasteiger partial charge in [-0.2, -0.15) is 13.2 Å². The minimum absolute atomic E-state index is 0.0886. The van der Waals surface area contributed by atoms with Crippen LogP contribution in [0.25, 0.3) is 0 Å². The Hall–Kier alpha value is -2.87. The Kier molecular flexibility index (Phi) is 4.82. The Morgan fingerprint density at radius 3 is 2.31 bits per heavy atom. The van der Waals surface area contributed by atoms with Crippen LogP contribution < -0.4 is 9.96 Å². The van der Waals surface area contributed by atoms with Gasteiger partial charge in [0.25, 0.3) is 5.91 Å². The van der Waals surface area contributed by atoms with E-state index in [1.807, 2.05) is 37.3 Å². The standard InChI is InChI=1S/C21H19F3N2O3/c1-2-7-16-17-18(29-26(16)14-9-4-3-5-10-14)20(28)25(19(17)27)15-11-6-8-13(12-15)21(22,23)24/h3-6,8-12,16-18H,2,7H2,1H3/t16-,17-,18+/m0/s1. The summed E-state index contributed by atoms with van der Waals surface area (Å²) in [6.07, 6.45) is -4.26. The predicted octanol–water partition coefficient (Wildman–Crippen LogP) is 4.18. The van der Waals surface area contributed by atoms with E-state index in [2.05, 4.69) is 0 Å². The first kappa shape index (κ1) is 19.4. The van der Waals surface area contributed by atoms with E-state index >= 15 is 0 Å². The highest BCUT2D eigenvalue weighted by Gasteiger charge is 2.59. The van der Waals surface area contributed by atoms with Crippen LogP contribution >= 0.6 is 0 Å². The molecule has 2 aliphatic rings. The van der Waals surface area contributed by atoms with Crippen LogP contribution in [0.3, 0.4) is 0 Å². The number of carbonyl (C=O) groups excluding carboxylic acids is 2. The normalized spacial score (nSPS) is 24.3. The highest BCUT2D eigenvalue weighted by molar-refractivity contribution is 6.23. The molecule has 0 saturated carbocycles. The van der Waals surface area contributed by atoms with Crippen molar-refractivity contribution < 1.29 is 27.6 Å². The number of para-hydroxylation sites is 1. The van der Waals surface area contributed by atoms with Gasteiger partial charge in [-0.05, 0) is 36.8 Å². The van der Waals surface area contributed by atoms with Gasteiger partial charge < -0.3 is 0 Å². The van der Waals surface area contributed by atoms with Gasteiger partial charge >= 0.3 is 6.18 Å². The second-order valence-electron chi connectivity index (χ2n) is 7.13. The molecule has 2 amide bonds. The molecule has 2 aromatic rings. The van der Waals surface area contributed by atoms with Crippen LogP contribution in [-0.2, 0) is 20.6 Å². The number of hydroxylamine groups is 1. The van der Waals surface area contributed by atoms with Crippen molar-refractivity contribution in [3.05, 3.63) is 60.2 Å². The number of nitrogens with zero attached hydrogens (tertiary/aromatic N) is 2. The highest BCUT2D eigenvalue weighted by Crippen LogP contribution is 2.42. The number of hydrogen-bond acceptors (Lipinski definition) is 4. The minimum atomic E-state index is -4.57. The van der Waals surface area contributed by atoms with Gasteiger partial charge in [0.2, 0.25) is 5.91 Å². The van der Waals surface area contributed by atoms with Crippen LogP contribution in [0.5, 0.6) is 0 Å². The van der Waals surface area contributed by atoms with E-state index < -0.39 is 35.6 Å². The van der Waals surface area contributed by atoms with Gasteiger partial charge in [0.05, 0.1) is 28.9 Å². The van der Waals surface area contributed by atoms with E-state index in [4.69, 9.17) is 4.84 Å². The van der Waals surface area contributed by atoms with Crippen molar-refractivity contribution in [3.63, 3.8) is 0 Å². The van der Waals surface area contributed by atoms with E-state index in [0.29, 0.717) is 6.42 Å². The van der Waals surface area contributed by atoms with Gasteiger partial charge in [0.15, 0.2) is 6.10 Å². The molecule has 0 N–H and O–H groups in total. The van der Waals surface area contributed by atoms with Crippen LogP contribution in [0.4, 0.5) is 24.5 Å². The number of benzene rings is 2. The second kappa shape index (κ2) is 7.18. The predicted molar refractivity (Wildman–Crippen MR) is 99.9 cm³/mol. The fraction of sp³-hybridized carbons (Fsp3) is 0.333. The molecule has 3 atom stereocenters. The average Bonchev–Trinajstić information content (AvgIpc) is 3.18. The van der Waals surface area contributed by atoms with Crippen molar-refractivity contribution in [1.82, 2.24) is 0 Å². The summed E-state index contributed by atoms with van der Waals surface area (Å²) in [6.45, 7) is 1.96. The van der Waals surface area contributed by atoms with Crippen LogP contribution in [0.1, 0.15) is 25.3 Å². The molecule has 4 rings (SSSR count). The maximum absolute atomic E-state index is 13.1. The zero-order valence-electron chi connectivity index (χ0n) is 15.6. The zero-order chi connectivity index (χ0) is 20.8. The number of amides is 2. The molecule has 0 spiro atoms. The first-order valence-electron chi connectivity index (χ1n) is 9.39. The van der Waals surface area contributed by atoms with Gasteiger partial charge in [0.1, 0.15) is 0 Å². The fourth-order valence-electron chi connectivity index (χ4n) is 3.99. The molecule has 2 heterocycles. The van der Waals surface area contributed by atoms with Gasteiger partial charge in [-0.3, -0.25) is 14.4 Å². The van der Waals surface area contributed by atoms with Crippen molar-refractivity contribution in [2.75, 3.05) is 9.96 Å². The average molecular weight is 404 g/mol. The molecule has 0 unspecified atom stereocenters. The summed E-state index contributed by atoms with van der Waals surface area (Å²) in [6, 6.07) is 13.0. The summed E-state index contributed by atoms with van der Waals surface area (Å²) in [5.74, 6) is -1.94. The van der Waals surface area contributed by atoms with Gasteiger partial charge in [-0.25, -0.2) is 9.96 Å². The molecule has 2 fully saturated rings. The molecule has 0 radical (unpaired) electrons. The second-order valence-corrected chi connectivity index (χ2v) is 7.13. The summed E-state index contributed by atoms with van der Waals surface area (Å²) in [7, 11) is 0. The number of imide groups is 1. The molecule has 2 aromatic carbocycles. The Morgan fingerprint density at radius 1 is 0.966 bits per heavy atom. The number of hydrogen-bond donors (Lipinski definition) is 0. The summed E-state index contributed by atoms with van der Waals surface area (Å²) < 4.78 is 39.2. The van der Waals surface area contributed by atoms with E-state index in [1.165, 1.54) is 12.1 Å².